The van der Waals surface area contributed by atoms with E-state index in [0.717, 1.165) is 12.8 Å². The second-order valence-electron chi connectivity index (χ2n) is 3.86. The van der Waals surface area contributed by atoms with Crippen molar-refractivity contribution in [3.63, 3.8) is 0 Å². The minimum atomic E-state index is -0.989. The van der Waals surface area contributed by atoms with Crippen LogP contribution in [0.2, 0.25) is 0 Å². The van der Waals surface area contributed by atoms with Crippen molar-refractivity contribution in [1.29, 1.82) is 0 Å². The molecule has 6 heteroatoms. The van der Waals surface area contributed by atoms with Gasteiger partial charge in [0.1, 0.15) is 6.04 Å². The Balaban J connectivity index is 2.43. The number of rotatable bonds is 7. The van der Waals surface area contributed by atoms with Gasteiger partial charge in [0.05, 0.1) is 6.42 Å². The molecule has 0 bridgehead atoms. The van der Waals surface area contributed by atoms with E-state index >= 15 is 0 Å². The van der Waals surface area contributed by atoms with Gasteiger partial charge in [0.2, 0.25) is 5.91 Å². The maximum atomic E-state index is 11.6. The summed E-state index contributed by atoms with van der Waals surface area (Å²) in [5.74, 6) is -1.30. The summed E-state index contributed by atoms with van der Waals surface area (Å²) < 4.78 is 0. The van der Waals surface area contributed by atoms with Crippen LogP contribution >= 0.6 is 0 Å². The predicted molar refractivity (Wildman–Crippen MR) is 61.4 cm³/mol. The topological polar surface area (TPSA) is 95.1 Å². The normalized spacial score (nSPS) is 12.1. The molecule has 1 rings (SSSR count). The second kappa shape index (κ2) is 6.67. The van der Waals surface area contributed by atoms with Crippen molar-refractivity contribution >= 4 is 11.9 Å². The van der Waals surface area contributed by atoms with Gasteiger partial charge in [-0.2, -0.15) is 5.10 Å². The lowest BCUT2D eigenvalue weighted by Gasteiger charge is -2.13. The maximum absolute atomic E-state index is 11.6. The Bertz CT molecular complexity index is 362. The summed E-state index contributed by atoms with van der Waals surface area (Å²) in [5.41, 5.74) is 0.669. The van der Waals surface area contributed by atoms with Crippen LogP contribution in [0.3, 0.4) is 0 Å². The largest absolute Gasteiger partial charge is 0.480 e. The quantitative estimate of drug-likeness (QED) is 0.653. The molecule has 1 amide bonds. The van der Waals surface area contributed by atoms with Crippen LogP contribution in [0.1, 0.15) is 31.9 Å². The average molecular weight is 239 g/mol. The lowest BCUT2D eigenvalue weighted by atomic mass is 10.1. The molecular formula is C11H17N3O3. The fourth-order valence-electron chi connectivity index (χ4n) is 1.47. The smallest absolute Gasteiger partial charge is 0.326 e. The van der Waals surface area contributed by atoms with Crippen LogP contribution < -0.4 is 5.32 Å². The third-order valence-corrected chi connectivity index (χ3v) is 2.39. The van der Waals surface area contributed by atoms with Crippen molar-refractivity contribution in [3.05, 3.63) is 18.0 Å². The highest BCUT2D eigenvalue weighted by Crippen LogP contribution is 2.02. The van der Waals surface area contributed by atoms with Gasteiger partial charge >= 0.3 is 5.97 Å². The van der Waals surface area contributed by atoms with Crippen LogP contribution in [0.5, 0.6) is 0 Å². The van der Waals surface area contributed by atoms with Gasteiger partial charge in [0.15, 0.2) is 0 Å². The van der Waals surface area contributed by atoms with Gasteiger partial charge in [0.25, 0.3) is 0 Å². The number of unbranched alkanes of at least 4 members (excludes halogenated alkanes) is 1. The molecule has 1 unspecified atom stereocenters. The third kappa shape index (κ3) is 4.67. The first-order valence-corrected chi connectivity index (χ1v) is 5.64. The lowest BCUT2D eigenvalue weighted by molar-refractivity contribution is -0.142. The lowest BCUT2D eigenvalue weighted by Crippen LogP contribution is -2.41. The standard InChI is InChI=1S/C11H17N3O3/c1-2-3-4-9(11(16)17)13-10(15)7-8-5-6-12-14-8/h5-6,9H,2-4,7H2,1H3,(H,12,14)(H,13,15)(H,16,17). The van der Waals surface area contributed by atoms with Crippen molar-refractivity contribution < 1.29 is 14.7 Å². The molecule has 0 aliphatic heterocycles. The number of amides is 1. The number of H-pyrrole nitrogens is 1. The fraction of sp³-hybridized carbons (Fsp3) is 0.545. The average Bonchev–Trinajstić information content (AvgIpc) is 2.76. The third-order valence-electron chi connectivity index (χ3n) is 2.39. The minimum absolute atomic E-state index is 0.121. The fourth-order valence-corrected chi connectivity index (χ4v) is 1.47. The Labute approximate surface area is 99.4 Å². The van der Waals surface area contributed by atoms with E-state index in [0.29, 0.717) is 12.1 Å². The molecule has 0 radical (unpaired) electrons. The van der Waals surface area contributed by atoms with Gasteiger partial charge in [-0.05, 0) is 12.5 Å². The van der Waals surface area contributed by atoms with E-state index < -0.39 is 12.0 Å². The number of hydrogen-bond donors (Lipinski definition) is 3. The molecule has 0 fully saturated rings. The summed E-state index contributed by atoms with van der Waals surface area (Å²) in [5, 5.41) is 17.8. The summed E-state index contributed by atoms with van der Waals surface area (Å²) >= 11 is 0. The van der Waals surface area contributed by atoms with Gasteiger partial charge in [-0.15, -0.1) is 0 Å². The van der Waals surface area contributed by atoms with Crippen LogP contribution in [-0.2, 0) is 16.0 Å². The van der Waals surface area contributed by atoms with Gasteiger partial charge in [-0.3, -0.25) is 9.89 Å². The van der Waals surface area contributed by atoms with Crippen molar-refractivity contribution in [3.8, 4) is 0 Å². The number of carboxylic acids is 1. The molecule has 6 nitrogen and oxygen atoms in total. The molecule has 0 aliphatic carbocycles. The first-order valence-electron chi connectivity index (χ1n) is 5.64. The highest BCUT2D eigenvalue weighted by molar-refractivity contribution is 5.84. The minimum Gasteiger partial charge on any atom is -0.480 e. The van der Waals surface area contributed by atoms with E-state index in [1.807, 2.05) is 6.92 Å². The van der Waals surface area contributed by atoms with Crippen molar-refractivity contribution in [1.82, 2.24) is 15.5 Å². The maximum Gasteiger partial charge on any atom is 0.326 e. The summed E-state index contributed by atoms with van der Waals surface area (Å²) in [6, 6.07) is 0.881. The van der Waals surface area contributed by atoms with Crippen LogP contribution in [0.15, 0.2) is 12.3 Å². The first kappa shape index (κ1) is 13.2. The van der Waals surface area contributed by atoms with E-state index in [2.05, 4.69) is 15.5 Å². The zero-order valence-corrected chi connectivity index (χ0v) is 9.77. The highest BCUT2D eigenvalue weighted by Gasteiger charge is 2.19. The molecule has 94 valence electrons. The van der Waals surface area contributed by atoms with E-state index in [4.69, 9.17) is 5.11 Å². The summed E-state index contributed by atoms with van der Waals surface area (Å²) in [7, 11) is 0. The number of carbonyl (C=O) groups is 2. The molecule has 0 aliphatic rings. The van der Waals surface area contributed by atoms with Crippen molar-refractivity contribution in [2.75, 3.05) is 0 Å². The van der Waals surface area contributed by atoms with Gasteiger partial charge in [0, 0.05) is 11.9 Å². The Morgan fingerprint density at radius 1 is 1.59 bits per heavy atom. The molecule has 1 aromatic rings. The highest BCUT2D eigenvalue weighted by atomic mass is 16.4. The number of aromatic nitrogens is 2. The van der Waals surface area contributed by atoms with E-state index in [1.54, 1.807) is 12.3 Å². The zero-order chi connectivity index (χ0) is 12.7. The summed E-state index contributed by atoms with van der Waals surface area (Å²) in [6.45, 7) is 1.98. The van der Waals surface area contributed by atoms with Crippen LogP contribution in [0.25, 0.3) is 0 Å². The van der Waals surface area contributed by atoms with Gasteiger partial charge in [-0.1, -0.05) is 19.8 Å². The Morgan fingerprint density at radius 3 is 2.88 bits per heavy atom. The Hall–Kier alpha value is -1.85. The van der Waals surface area contributed by atoms with Crippen molar-refractivity contribution in [2.24, 2.45) is 0 Å². The first-order chi connectivity index (χ1) is 8.13. The molecule has 0 saturated carbocycles. The van der Waals surface area contributed by atoms with Crippen molar-refractivity contribution in [2.45, 2.75) is 38.6 Å². The molecule has 17 heavy (non-hydrogen) atoms. The molecule has 0 saturated heterocycles. The van der Waals surface area contributed by atoms with Gasteiger partial charge in [-0.25, -0.2) is 4.79 Å². The van der Waals surface area contributed by atoms with Crippen LogP contribution in [0.4, 0.5) is 0 Å². The Kier molecular flexibility index (Phi) is 5.19. The zero-order valence-electron chi connectivity index (χ0n) is 9.77. The molecule has 0 aromatic carbocycles. The number of nitrogens with one attached hydrogen (secondary N) is 2. The van der Waals surface area contributed by atoms with E-state index in [9.17, 15) is 9.59 Å². The van der Waals surface area contributed by atoms with Gasteiger partial charge < -0.3 is 10.4 Å². The number of hydrogen-bond acceptors (Lipinski definition) is 3. The van der Waals surface area contributed by atoms with Crippen LogP contribution in [-0.4, -0.2) is 33.2 Å². The number of aliphatic carboxylic acids is 1. The molecule has 1 heterocycles. The monoisotopic (exact) mass is 239 g/mol. The number of carboxylic acid groups (broad SMARTS) is 1. The summed E-state index contributed by atoms with van der Waals surface area (Å²) in [4.78, 5) is 22.5. The second-order valence-corrected chi connectivity index (χ2v) is 3.86. The van der Waals surface area contributed by atoms with E-state index in [-0.39, 0.29) is 12.3 Å². The van der Waals surface area contributed by atoms with E-state index in [1.165, 1.54) is 0 Å². The SMILES string of the molecule is CCCCC(NC(=O)Cc1ccn[nH]1)C(=O)O. The molecule has 0 spiro atoms. The number of aromatic amines is 1. The molecule has 1 aromatic heterocycles. The Morgan fingerprint density at radius 2 is 2.35 bits per heavy atom. The van der Waals surface area contributed by atoms with Crippen LogP contribution in [0, 0.1) is 0 Å². The number of carbonyl (C=O) groups excluding carboxylic acids is 1. The molecule has 3 N–H and O–H groups in total. The molecular weight excluding hydrogens is 222 g/mol. The molecule has 1 atom stereocenters. The predicted octanol–water partition coefficient (Wildman–Crippen LogP) is 0.712. The number of nitrogens with zero attached hydrogens (tertiary/aromatic N) is 1. The summed E-state index contributed by atoms with van der Waals surface area (Å²) in [6.07, 6.45) is 3.81.